The lowest BCUT2D eigenvalue weighted by Crippen LogP contribution is -2.52. The van der Waals surface area contributed by atoms with E-state index in [9.17, 15) is 123 Å². The molecule has 7 saturated carbocycles. The second-order valence-electron chi connectivity index (χ2n) is 27.1. The molecular formula is C60H92F28. The van der Waals surface area contributed by atoms with E-state index < -0.39 is 156 Å². The summed E-state index contributed by atoms with van der Waals surface area (Å²) in [6, 6.07) is 0. The van der Waals surface area contributed by atoms with Crippen LogP contribution in [0, 0.1) is 112 Å². The van der Waals surface area contributed by atoms with Crippen molar-refractivity contribution in [2.24, 2.45) is 112 Å². The van der Waals surface area contributed by atoms with Crippen molar-refractivity contribution in [2.45, 2.75) is 266 Å². The largest absolute Gasteiger partial charge is 0.392 e. The molecule has 0 bridgehead atoms. The van der Waals surface area contributed by atoms with Crippen LogP contribution in [-0.4, -0.2) is 79.0 Å². The predicted octanol–water partition coefficient (Wildman–Crippen LogP) is 24.5. The summed E-state index contributed by atoms with van der Waals surface area (Å²) in [5.41, 5.74) is -4.52. The molecule has 7 aliphatic rings. The Hall–Kier alpha value is -1.96. The van der Waals surface area contributed by atoms with Gasteiger partial charge in [0.25, 0.3) is 5.92 Å². The zero-order valence-electron chi connectivity index (χ0n) is 54.0. The number of halogens is 28. The molecule has 0 N–H and O–H groups in total. The van der Waals surface area contributed by atoms with E-state index in [4.69, 9.17) is 2.74 Å². The van der Waals surface area contributed by atoms with Crippen molar-refractivity contribution in [1.29, 1.82) is 0 Å². The van der Waals surface area contributed by atoms with Gasteiger partial charge >= 0.3 is 48.9 Å². The molecule has 28 heteroatoms. The van der Waals surface area contributed by atoms with Gasteiger partial charge in [-0.1, -0.05) is 116 Å². The third-order valence-corrected chi connectivity index (χ3v) is 19.4. The van der Waals surface area contributed by atoms with Crippen molar-refractivity contribution in [3.8, 4) is 0 Å². The molecule has 7 rings (SSSR count). The quantitative estimate of drug-likeness (QED) is 0.212. The predicted molar refractivity (Wildman–Crippen MR) is 280 cm³/mol. The molecule has 0 heterocycles. The molecular weight excluding hydrogens is 1250 g/mol. The molecule has 0 nitrogen and oxygen atoms in total. The summed E-state index contributed by atoms with van der Waals surface area (Å²) in [5, 5.41) is 0. The average molecular weight is 1350 g/mol. The smallest absolute Gasteiger partial charge is 0.247 e. The topological polar surface area (TPSA) is 0 Å². The van der Waals surface area contributed by atoms with E-state index in [0.29, 0.717) is 32.1 Å². The number of alkyl halides is 28. The minimum Gasteiger partial charge on any atom is -0.247 e. The molecule has 0 aromatic rings. The summed E-state index contributed by atoms with van der Waals surface area (Å²) in [5.74, 6) is -32.2. The van der Waals surface area contributed by atoms with Crippen LogP contribution in [0.25, 0.3) is 0 Å². The Morgan fingerprint density at radius 2 is 0.705 bits per heavy atom. The molecule has 7 aliphatic carbocycles. The standard InChI is InChI=1S/C10H14F6.4C9H15F3.C7H7F7.C7H11F3/c1-5-3-6(2)8(10(14,15)16)7(4-5)9(11,12)13;2*1-6-3-7(2)5-8(4-6)9(10,11)12;2*1-6-4-3-5-8(7(6)2)9(10,11)12;1-3-5(9,10)4(2,8)7(13,14)6(3,11)12;1-3-5(8)4(2)7(10)6(3)9/h5-8H,3-4H2,1-2H3;4*6-8H,3-5H2,1-2H3;3H,1-2H3;3-7H,1-2H3/i;6D;;7D;;;. The summed E-state index contributed by atoms with van der Waals surface area (Å²) in [4.78, 5) is 0. The minimum absolute atomic E-state index is 0.0166. The van der Waals surface area contributed by atoms with Crippen LogP contribution in [-0.2, 0) is 0 Å². The molecule has 0 amide bonds. The Kier molecular flexibility index (Phi) is 28.8. The molecule has 21 unspecified atom stereocenters. The Bertz CT molecular complexity index is 2030. The number of rotatable bonds is 0. The van der Waals surface area contributed by atoms with E-state index in [0.717, 1.165) is 25.7 Å². The van der Waals surface area contributed by atoms with Crippen molar-refractivity contribution in [3.63, 3.8) is 0 Å². The van der Waals surface area contributed by atoms with Gasteiger partial charge in [0.1, 0.15) is 18.5 Å². The highest BCUT2D eigenvalue weighted by molar-refractivity contribution is 5.19. The Balaban J connectivity index is 0.000000527. The van der Waals surface area contributed by atoms with E-state index in [1.165, 1.54) is 27.7 Å². The van der Waals surface area contributed by atoms with Gasteiger partial charge in [-0.2, -0.15) is 96.6 Å². The molecule has 0 aromatic carbocycles. The van der Waals surface area contributed by atoms with E-state index in [2.05, 4.69) is 0 Å². The highest BCUT2D eigenvalue weighted by Gasteiger charge is 2.88. The van der Waals surface area contributed by atoms with Crippen LogP contribution < -0.4 is 0 Å². The van der Waals surface area contributed by atoms with Gasteiger partial charge in [0.2, 0.25) is 5.67 Å². The fraction of sp³-hybridized carbons (Fsp3) is 1.00. The van der Waals surface area contributed by atoms with Crippen molar-refractivity contribution in [1.82, 2.24) is 0 Å². The maximum Gasteiger partial charge on any atom is 0.392 e. The summed E-state index contributed by atoms with van der Waals surface area (Å²) in [6.45, 7) is 19.7. The first-order chi connectivity index (χ1) is 39.8. The molecule has 528 valence electrons. The lowest BCUT2D eigenvalue weighted by atomic mass is 9.68. The summed E-state index contributed by atoms with van der Waals surface area (Å²) < 4.78 is 366. The second-order valence-corrected chi connectivity index (χ2v) is 27.1. The van der Waals surface area contributed by atoms with Gasteiger partial charge in [-0.25, -0.2) is 26.3 Å². The maximum atomic E-state index is 12.9. The Morgan fingerprint density at radius 1 is 0.341 bits per heavy atom. The van der Waals surface area contributed by atoms with Gasteiger partial charge in [-0.05, 0) is 130 Å². The Labute approximate surface area is 503 Å². The summed E-state index contributed by atoms with van der Waals surface area (Å²) >= 11 is 0. The van der Waals surface area contributed by atoms with Crippen molar-refractivity contribution in [3.05, 3.63) is 0 Å². The van der Waals surface area contributed by atoms with Crippen LogP contribution in [0.1, 0.15) is 190 Å². The highest BCUT2D eigenvalue weighted by Crippen LogP contribution is 2.65. The zero-order chi connectivity index (χ0) is 71.4. The Morgan fingerprint density at radius 3 is 0.989 bits per heavy atom. The lowest BCUT2D eigenvalue weighted by molar-refractivity contribution is -0.276. The molecule has 21 atom stereocenters. The second kappa shape index (κ2) is 31.5. The summed E-state index contributed by atoms with van der Waals surface area (Å²) in [6.07, 6.45) is -24.7. The van der Waals surface area contributed by atoms with Crippen LogP contribution in [0.15, 0.2) is 0 Å². The van der Waals surface area contributed by atoms with Gasteiger partial charge < -0.3 is 0 Å². The average Bonchev–Trinajstić information content (AvgIpc) is 1.54. The van der Waals surface area contributed by atoms with Gasteiger partial charge in [0.15, 0.2) is 0 Å². The van der Waals surface area contributed by atoms with Crippen molar-refractivity contribution in [2.75, 3.05) is 0 Å². The molecule has 88 heavy (non-hydrogen) atoms. The fourth-order valence-electron chi connectivity index (χ4n) is 13.7. The molecule has 0 saturated heterocycles. The first-order valence-corrected chi connectivity index (χ1v) is 29.9. The van der Waals surface area contributed by atoms with E-state index in [-0.39, 0.29) is 81.0 Å². The van der Waals surface area contributed by atoms with E-state index in [1.807, 2.05) is 20.8 Å². The third-order valence-electron chi connectivity index (χ3n) is 19.4. The first-order valence-electron chi connectivity index (χ1n) is 30.9. The van der Waals surface area contributed by atoms with Crippen LogP contribution >= 0.6 is 0 Å². The number of hydrogen-bond donors (Lipinski definition) is 0. The van der Waals surface area contributed by atoms with Crippen LogP contribution in [0.3, 0.4) is 0 Å². The fourth-order valence-corrected chi connectivity index (χ4v) is 13.7. The third kappa shape index (κ3) is 22.3. The molecule has 0 radical (unpaired) electrons. The van der Waals surface area contributed by atoms with E-state index in [1.54, 1.807) is 34.6 Å². The number of hydrogen-bond acceptors (Lipinski definition) is 0. The van der Waals surface area contributed by atoms with Gasteiger partial charge in [0.05, 0.1) is 41.4 Å². The molecule has 7 fully saturated rings. The molecule has 0 aliphatic heterocycles. The van der Waals surface area contributed by atoms with Crippen LogP contribution in [0.2, 0.25) is 0 Å². The SMILES string of the molecule is CC1C(F)(F)C(C)(F)C(F)(F)C1(F)F.CC1C(F)C(C)C(F)C1F.CC1CC(C)C(C(F)(F)F)C(C(F)(F)F)C1.CC1CC(C)CC(C(F)(F)F)C1.CC1CCCC(C(F)(F)F)C1C.[2H]C1(C)C(C)CCCC1C(F)(F)F.[2H]C1(C)CC(C)CC(C(F)(F)F)C1. The zero-order valence-corrected chi connectivity index (χ0v) is 52.0. The lowest BCUT2D eigenvalue weighted by Gasteiger charge is -2.41. The maximum absolute atomic E-state index is 12.9. The van der Waals surface area contributed by atoms with Gasteiger partial charge in [0, 0.05) is 14.6 Å². The van der Waals surface area contributed by atoms with Crippen molar-refractivity contribution >= 4 is 0 Å². The van der Waals surface area contributed by atoms with Gasteiger partial charge in [-0.15, -0.1) is 0 Å². The first kappa shape index (κ1) is 80.3. The molecule has 0 aromatic heterocycles. The van der Waals surface area contributed by atoms with Crippen LogP contribution in [0.5, 0.6) is 0 Å². The van der Waals surface area contributed by atoms with Gasteiger partial charge in [-0.3, -0.25) is 0 Å². The highest BCUT2D eigenvalue weighted by atomic mass is 19.4. The molecule has 0 spiro atoms. The van der Waals surface area contributed by atoms with Crippen molar-refractivity contribution < 1.29 is 126 Å². The van der Waals surface area contributed by atoms with Crippen LogP contribution in [0.4, 0.5) is 123 Å². The monoisotopic (exact) mass is 1350 g/mol. The summed E-state index contributed by atoms with van der Waals surface area (Å²) in [7, 11) is 0. The normalized spacial score (nSPS) is 43.0. The minimum atomic E-state index is -5.36. The van der Waals surface area contributed by atoms with E-state index >= 15 is 0 Å².